The first-order valence-electron chi connectivity index (χ1n) is 14.6. The molecule has 1 spiro atoms. The molecule has 10 nitrogen and oxygen atoms in total. The van der Waals surface area contributed by atoms with Crippen molar-refractivity contribution in [1.82, 2.24) is 34.7 Å². The molecular formula is C29H37N7O3S. The second kappa shape index (κ2) is 9.49. The second-order valence-corrected chi connectivity index (χ2v) is 14.1. The van der Waals surface area contributed by atoms with Crippen molar-refractivity contribution >= 4 is 23.2 Å². The highest BCUT2D eigenvalue weighted by Gasteiger charge is 2.59. The van der Waals surface area contributed by atoms with Gasteiger partial charge in [0.2, 0.25) is 5.91 Å². The summed E-state index contributed by atoms with van der Waals surface area (Å²) >= 11 is 1.35. The topological polar surface area (TPSA) is 110 Å². The summed E-state index contributed by atoms with van der Waals surface area (Å²) in [5.74, 6) is 2.22. The summed E-state index contributed by atoms with van der Waals surface area (Å²) in [5.41, 5.74) is 2.82. The van der Waals surface area contributed by atoms with Crippen LogP contribution in [0.2, 0.25) is 0 Å². The van der Waals surface area contributed by atoms with E-state index in [2.05, 4.69) is 30.1 Å². The summed E-state index contributed by atoms with van der Waals surface area (Å²) in [7, 11) is 0. The Labute approximate surface area is 238 Å². The van der Waals surface area contributed by atoms with Gasteiger partial charge in [0.05, 0.1) is 23.3 Å². The van der Waals surface area contributed by atoms with Crippen LogP contribution in [-0.2, 0) is 4.79 Å². The number of thiazole rings is 1. The molecule has 40 heavy (non-hydrogen) atoms. The molecule has 5 heterocycles. The van der Waals surface area contributed by atoms with Crippen molar-refractivity contribution in [2.24, 2.45) is 16.7 Å². The normalized spacial score (nSPS) is 25.9. The van der Waals surface area contributed by atoms with Crippen LogP contribution < -0.4 is 0 Å². The highest BCUT2D eigenvalue weighted by molar-refractivity contribution is 7.11. The minimum absolute atomic E-state index is 0.0260. The molecule has 0 N–H and O–H groups in total. The van der Waals surface area contributed by atoms with Crippen molar-refractivity contribution in [2.75, 3.05) is 26.2 Å². The van der Waals surface area contributed by atoms with E-state index in [0.29, 0.717) is 61.0 Å². The maximum absolute atomic E-state index is 13.3. The van der Waals surface area contributed by atoms with Gasteiger partial charge in [-0.2, -0.15) is 10.1 Å². The number of hydrogen-bond donors (Lipinski definition) is 0. The van der Waals surface area contributed by atoms with Crippen LogP contribution in [0.5, 0.6) is 0 Å². The molecule has 2 amide bonds. The average molecular weight is 564 g/mol. The number of carbonyl (C=O) groups excluding carboxylic acids is 2. The third-order valence-corrected chi connectivity index (χ3v) is 10.8. The van der Waals surface area contributed by atoms with Gasteiger partial charge in [0, 0.05) is 50.1 Å². The summed E-state index contributed by atoms with van der Waals surface area (Å²) in [6.45, 7) is 8.76. The number of hydrogen-bond acceptors (Lipinski definition) is 8. The van der Waals surface area contributed by atoms with Gasteiger partial charge in [-0.15, -0.1) is 11.3 Å². The fraction of sp³-hybridized carbons (Fsp3) is 0.655. The zero-order chi connectivity index (χ0) is 27.6. The second-order valence-electron chi connectivity index (χ2n) is 13.2. The summed E-state index contributed by atoms with van der Waals surface area (Å²) in [4.78, 5) is 39.8. The first-order chi connectivity index (χ1) is 19.2. The molecule has 2 saturated heterocycles. The molecule has 1 unspecified atom stereocenters. The van der Waals surface area contributed by atoms with Gasteiger partial charge in [0.15, 0.2) is 5.82 Å². The lowest BCUT2D eigenvalue weighted by molar-refractivity contribution is -0.144. The Morgan fingerprint density at radius 2 is 1.93 bits per heavy atom. The number of rotatable bonds is 7. The molecule has 3 aromatic heterocycles. The van der Waals surface area contributed by atoms with Crippen LogP contribution in [0.1, 0.15) is 104 Å². The van der Waals surface area contributed by atoms with Gasteiger partial charge < -0.3 is 14.3 Å². The Bertz CT molecular complexity index is 1400. The quantitative estimate of drug-likeness (QED) is 0.416. The van der Waals surface area contributed by atoms with Crippen molar-refractivity contribution in [3.63, 3.8) is 0 Å². The van der Waals surface area contributed by atoms with E-state index in [1.54, 1.807) is 11.7 Å². The van der Waals surface area contributed by atoms with E-state index in [-0.39, 0.29) is 34.6 Å². The molecule has 0 bridgehead atoms. The molecular weight excluding hydrogens is 526 g/mol. The maximum atomic E-state index is 13.3. The molecule has 7 rings (SSSR count). The third-order valence-electron chi connectivity index (χ3n) is 10.0. The van der Waals surface area contributed by atoms with Crippen LogP contribution in [0.15, 0.2) is 28.5 Å². The zero-order valence-electron chi connectivity index (χ0n) is 23.5. The molecule has 2 aliphatic heterocycles. The van der Waals surface area contributed by atoms with Gasteiger partial charge in [-0.1, -0.05) is 31.8 Å². The highest BCUT2D eigenvalue weighted by Crippen LogP contribution is 2.55. The Balaban J connectivity index is 1.10. The average Bonchev–Trinajstić information content (AvgIpc) is 3.66. The Morgan fingerprint density at radius 1 is 1.18 bits per heavy atom. The minimum Gasteiger partial charge on any atom is -0.341 e. The number of carbonyl (C=O) groups is 2. The highest BCUT2D eigenvalue weighted by atomic mass is 32.1. The number of likely N-dealkylation sites (tertiary alicyclic amines) is 2. The van der Waals surface area contributed by atoms with Gasteiger partial charge in [-0.25, -0.2) is 0 Å². The summed E-state index contributed by atoms with van der Waals surface area (Å²) in [6, 6.07) is 1.92. The van der Waals surface area contributed by atoms with Crippen molar-refractivity contribution in [3.05, 3.63) is 46.3 Å². The maximum Gasteiger partial charge on any atom is 0.265 e. The lowest BCUT2D eigenvalue weighted by atomic mass is 9.71. The van der Waals surface area contributed by atoms with Crippen molar-refractivity contribution in [3.8, 4) is 0 Å². The van der Waals surface area contributed by atoms with Crippen LogP contribution in [0.4, 0.5) is 0 Å². The molecule has 0 aromatic carbocycles. The minimum atomic E-state index is -0.277. The fourth-order valence-corrected chi connectivity index (χ4v) is 7.70. The number of aromatic nitrogens is 5. The van der Waals surface area contributed by atoms with E-state index in [1.807, 2.05) is 27.6 Å². The lowest BCUT2D eigenvalue weighted by Crippen LogP contribution is -2.61. The van der Waals surface area contributed by atoms with Crippen LogP contribution in [0.3, 0.4) is 0 Å². The predicted molar refractivity (Wildman–Crippen MR) is 148 cm³/mol. The summed E-state index contributed by atoms with van der Waals surface area (Å²) in [6.07, 6.45) is 10.3. The molecule has 2 aliphatic carbocycles. The van der Waals surface area contributed by atoms with Crippen molar-refractivity contribution in [1.29, 1.82) is 0 Å². The van der Waals surface area contributed by atoms with E-state index in [1.165, 1.54) is 37.0 Å². The van der Waals surface area contributed by atoms with Gasteiger partial charge >= 0.3 is 0 Å². The Hall–Kier alpha value is -3.08. The van der Waals surface area contributed by atoms with Crippen molar-refractivity contribution in [2.45, 2.75) is 77.2 Å². The van der Waals surface area contributed by atoms with Crippen LogP contribution in [0, 0.1) is 16.7 Å². The Kier molecular flexibility index (Phi) is 6.14. The zero-order valence-corrected chi connectivity index (χ0v) is 24.3. The molecule has 11 heteroatoms. The molecule has 4 aliphatic rings. The van der Waals surface area contributed by atoms with Gasteiger partial charge in [0.25, 0.3) is 11.8 Å². The molecule has 2 saturated carbocycles. The fourth-order valence-electron chi connectivity index (χ4n) is 7.11. The van der Waals surface area contributed by atoms with E-state index >= 15 is 0 Å². The molecule has 0 radical (unpaired) electrons. The summed E-state index contributed by atoms with van der Waals surface area (Å²) in [5, 5.41) is 9.28. The van der Waals surface area contributed by atoms with E-state index in [0.717, 1.165) is 12.1 Å². The van der Waals surface area contributed by atoms with Crippen LogP contribution in [-0.4, -0.2) is 72.7 Å². The monoisotopic (exact) mass is 563 g/mol. The number of amides is 2. The van der Waals surface area contributed by atoms with Crippen LogP contribution >= 0.6 is 11.3 Å². The molecule has 4 fully saturated rings. The van der Waals surface area contributed by atoms with E-state index < -0.39 is 0 Å². The van der Waals surface area contributed by atoms with Gasteiger partial charge in [0.1, 0.15) is 10.9 Å². The number of nitrogens with zero attached hydrogens (tertiary/aromatic N) is 7. The largest absolute Gasteiger partial charge is 0.341 e. The molecule has 3 aromatic rings. The standard InChI is InChI=1S/C29H37N7O3S/c1-18(36-9-8-22(32-36)19-6-4-5-7-19)26-31-25(33-39-26)21-13-34(27(38)23-12-30-17-40-23)14-29(21)15-35(16-29)24(37)10-20-11-28(20,2)3/h8-9,12,17-21H,4-7,10-11,13-16H2,1-3H3/t18?,20-,21+/m0/s1. The first-order valence-corrected chi connectivity index (χ1v) is 15.4. The first kappa shape index (κ1) is 25.9. The van der Waals surface area contributed by atoms with E-state index in [4.69, 9.17) is 14.6 Å². The summed E-state index contributed by atoms with van der Waals surface area (Å²) < 4.78 is 7.72. The smallest absolute Gasteiger partial charge is 0.265 e. The van der Waals surface area contributed by atoms with Gasteiger partial charge in [-0.05, 0) is 43.6 Å². The van der Waals surface area contributed by atoms with Crippen LogP contribution in [0.25, 0.3) is 0 Å². The Morgan fingerprint density at radius 3 is 2.62 bits per heavy atom. The third kappa shape index (κ3) is 4.46. The SMILES string of the molecule is CC(c1nc([C@H]2CN(C(=O)c3cncs3)CC23CN(C(=O)C[C@H]2CC2(C)C)C3)no1)n1ccc(C2CCCC2)n1. The molecule has 212 valence electrons. The predicted octanol–water partition coefficient (Wildman–Crippen LogP) is 4.49. The van der Waals surface area contributed by atoms with Gasteiger partial charge in [-0.3, -0.25) is 19.3 Å². The molecule has 3 atom stereocenters. The van der Waals surface area contributed by atoms with Crippen molar-refractivity contribution < 1.29 is 14.1 Å². The lowest BCUT2D eigenvalue weighted by Gasteiger charge is -2.50. The van der Waals surface area contributed by atoms with E-state index in [9.17, 15) is 9.59 Å².